The summed E-state index contributed by atoms with van der Waals surface area (Å²) in [6.45, 7) is -0.604. The number of ether oxygens (including phenoxy) is 2. The normalized spacial score (nSPS) is 10.7. The van der Waals surface area contributed by atoms with Crippen molar-refractivity contribution in [1.82, 2.24) is 0 Å². The van der Waals surface area contributed by atoms with Crippen molar-refractivity contribution in [3.8, 4) is 22.8 Å². The number of halogens is 2. The van der Waals surface area contributed by atoms with E-state index in [1.165, 1.54) is 19.2 Å². The molecule has 0 unspecified atom stereocenters. The van der Waals surface area contributed by atoms with Crippen LogP contribution >= 0.6 is 23.2 Å². The zero-order valence-corrected chi connectivity index (χ0v) is 14.9. The average Bonchev–Trinajstić information content (AvgIpc) is 2.61. The number of methoxy groups -OCH3 is 1. The van der Waals surface area contributed by atoms with Crippen molar-refractivity contribution in [2.45, 2.75) is 0 Å². The summed E-state index contributed by atoms with van der Waals surface area (Å²) in [6, 6.07) is 9.24. The molecule has 6 nitrogen and oxygen atoms in total. The fourth-order valence-corrected chi connectivity index (χ4v) is 2.90. The van der Waals surface area contributed by atoms with Gasteiger partial charge in [-0.2, -0.15) is 0 Å². The van der Waals surface area contributed by atoms with Gasteiger partial charge in [-0.15, -0.1) is 0 Å². The van der Waals surface area contributed by atoms with Crippen LogP contribution in [0.3, 0.4) is 0 Å². The topological polar surface area (TPSA) is 86.0 Å². The van der Waals surface area contributed by atoms with Crippen LogP contribution in [0.4, 0.5) is 0 Å². The molecule has 3 rings (SSSR count). The minimum Gasteiger partial charge on any atom is -0.492 e. The van der Waals surface area contributed by atoms with Crippen molar-refractivity contribution >= 4 is 40.1 Å². The molecule has 1 heterocycles. The Morgan fingerprint density at radius 3 is 2.62 bits per heavy atom. The molecule has 1 N–H and O–H groups in total. The zero-order chi connectivity index (χ0) is 18.8. The van der Waals surface area contributed by atoms with Gasteiger partial charge in [0, 0.05) is 6.07 Å². The van der Waals surface area contributed by atoms with E-state index in [1.807, 2.05) is 0 Å². The van der Waals surface area contributed by atoms with E-state index in [0.29, 0.717) is 10.9 Å². The minimum absolute atomic E-state index is 0.0379. The standard InChI is InChI=1S/C18H12Cl2O6/c1-24-17-10(5-6-12(20)18(17)25-8-15(22)23)14-7-13(21)9-3-2-4-11(19)16(9)26-14/h2-7H,8H2,1H3,(H,22,23). The molecule has 0 spiro atoms. The summed E-state index contributed by atoms with van der Waals surface area (Å²) in [5, 5.41) is 9.61. The molecule has 26 heavy (non-hydrogen) atoms. The van der Waals surface area contributed by atoms with Crippen LogP contribution in [0.15, 0.2) is 45.6 Å². The van der Waals surface area contributed by atoms with Crippen LogP contribution < -0.4 is 14.9 Å². The van der Waals surface area contributed by atoms with E-state index in [-0.39, 0.29) is 38.3 Å². The van der Waals surface area contributed by atoms with E-state index in [9.17, 15) is 9.59 Å². The molecule has 0 fully saturated rings. The first-order valence-electron chi connectivity index (χ1n) is 7.36. The highest BCUT2D eigenvalue weighted by Crippen LogP contribution is 2.43. The molecular weight excluding hydrogens is 383 g/mol. The maximum atomic E-state index is 12.4. The van der Waals surface area contributed by atoms with E-state index < -0.39 is 12.6 Å². The quantitative estimate of drug-likeness (QED) is 0.696. The minimum atomic E-state index is -1.17. The van der Waals surface area contributed by atoms with Gasteiger partial charge in [0.15, 0.2) is 29.1 Å². The summed E-state index contributed by atoms with van der Waals surface area (Å²) in [4.78, 5) is 23.2. The van der Waals surface area contributed by atoms with Crippen LogP contribution in [0.1, 0.15) is 0 Å². The Kier molecular flexibility index (Phi) is 5.06. The summed E-state index contributed by atoms with van der Waals surface area (Å²) in [7, 11) is 1.37. The molecule has 8 heteroatoms. The van der Waals surface area contributed by atoms with Gasteiger partial charge in [0.05, 0.1) is 28.1 Å². The molecular formula is C18H12Cl2O6. The molecule has 0 atom stereocenters. The third kappa shape index (κ3) is 3.34. The lowest BCUT2D eigenvalue weighted by molar-refractivity contribution is -0.139. The number of para-hydroxylation sites is 1. The average molecular weight is 395 g/mol. The third-order valence-electron chi connectivity index (χ3n) is 3.58. The number of carboxylic acid groups (broad SMARTS) is 1. The molecule has 0 aliphatic rings. The predicted molar refractivity (Wildman–Crippen MR) is 97.6 cm³/mol. The van der Waals surface area contributed by atoms with Crippen LogP contribution in [0.25, 0.3) is 22.3 Å². The van der Waals surface area contributed by atoms with Gasteiger partial charge in [-0.1, -0.05) is 29.3 Å². The van der Waals surface area contributed by atoms with E-state index in [2.05, 4.69) is 0 Å². The van der Waals surface area contributed by atoms with E-state index >= 15 is 0 Å². The molecule has 0 saturated carbocycles. The maximum Gasteiger partial charge on any atom is 0.341 e. The van der Waals surface area contributed by atoms with E-state index in [1.54, 1.807) is 24.3 Å². The molecule has 2 aromatic carbocycles. The number of hydrogen-bond donors (Lipinski definition) is 1. The zero-order valence-electron chi connectivity index (χ0n) is 13.4. The molecule has 3 aromatic rings. The summed E-state index contributed by atoms with van der Waals surface area (Å²) in [6.07, 6.45) is 0. The summed E-state index contributed by atoms with van der Waals surface area (Å²) < 4.78 is 16.3. The van der Waals surface area contributed by atoms with Gasteiger partial charge < -0.3 is 19.0 Å². The first-order chi connectivity index (χ1) is 12.4. The Hall–Kier alpha value is -2.70. The summed E-state index contributed by atoms with van der Waals surface area (Å²) in [5.41, 5.74) is 0.326. The summed E-state index contributed by atoms with van der Waals surface area (Å²) >= 11 is 12.2. The van der Waals surface area contributed by atoms with Crippen LogP contribution in [-0.4, -0.2) is 24.8 Å². The van der Waals surface area contributed by atoms with Gasteiger partial charge in [-0.3, -0.25) is 4.79 Å². The van der Waals surface area contributed by atoms with Crippen molar-refractivity contribution in [3.63, 3.8) is 0 Å². The third-order valence-corrected chi connectivity index (χ3v) is 4.18. The lowest BCUT2D eigenvalue weighted by Crippen LogP contribution is -2.10. The van der Waals surface area contributed by atoms with Gasteiger partial charge in [0.2, 0.25) is 0 Å². The second kappa shape index (κ2) is 7.27. The number of benzene rings is 2. The van der Waals surface area contributed by atoms with Crippen LogP contribution in [0, 0.1) is 0 Å². The van der Waals surface area contributed by atoms with Crippen LogP contribution in [-0.2, 0) is 4.79 Å². The van der Waals surface area contributed by atoms with Crippen LogP contribution in [0.5, 0.6) is 11.5 Å². The SMILES string of the molecule is COc1c(-c2cc(=O)c3cccc(Cl)c3o2)ccc(Cl)c1OCC(=O)O. The highest BCUT2D eigenvalue weighted by Gasteiger charge is 2.20. The Bertz CT molecular complexity index is 1060. The molecule has 0 aliphatic carbocycles. The number of carboxylic acids is 1. The molecule has 0 bridgehead atoms. The first kappa shape index (κ1) is 18.1. The second-order valence-electron chi connectivity index (χ2n) is 5.23. The molecule has 0 aliphatic heterocycles. The number of aliphatic carboxylic acids is 1. The van der Waals surface area contributed by atoms with Gasteiger partial charge in [0.25, 0.3) is 0 Å². The molecule has 134 valence electrons. The Morgan fingerprint density at radius 1 is 1.15 bits per heavy atom. The van der Waals surface area contributed by atoms with Crippen molar-refractivity contribution in [1.29, 1.82) is 0 Å². The predicted octanol–water partition coefficient (Wildman–Crippen LogP) is 4.24. The van der Waals surface area contributed by atoms with Gasteiger partial charge in [-0.25, -0.2) is 4.79 Å². The maximum absolute atomic E-state index is 12.4. The van der Waals surface area contributed by atoms with Crippen LogP contribution in [0.2, 0.25) is 10.0 Å². The second-order valence-corrected chi connectivity index (χ2v) is 6.05. The number of fused-ring (bicyclic) bond motifs is 1. The lowest BCUT2D eigenvalue weighted by Gasteiger charge is -2.15. The van der Waals surface area contributed by atoms with Gasteiger partial charge in [-0.05, 0) is 24.3 Å². The Labute approximate surface area is 157 Å². The number of carbonyl (C=O) groups is 1. The van der Waals surface area contributed by atoms with Crippen molar-refractivity contribution in [2.24, 2.45) is 0 Å². The molecule has 0 amide bonds. The lowest BCUT2D eigenvalue weighted by atomic mass is 10.1. The van der Waals surface area contributed by atoms with Crippen molar-refractivity contribution in [3.05, 3.63) is 56.7 Å². The van der Waals surface area contributed by atoms with Crippen molar-refractivity contribution < 1.29 is 23.8 Å². The number of rotatable bonds is 5. The smallest absolute Gasteiger partial charge is 0.341 e. The molecule has 0 radical (unpaired) electrons. The van der Waals surface area contributed by atoms with E-state index in [0.717, 1.165) is 0 Å². The highest BCUT2D eigenvalue weighted by atomic mass is 35.5. The fourth-order valence-electron chi connectivity index (χ4n) is 2.48. The number of hydrogen-bond acceptors (Lipinski definition) is 5. The fraction of sp³-hybridized carbons (Fsp3) is 0.111. The van der Waals surface area contributed by atoms with Gasteiger partial charge >= 0.3 is 5.97 Å². The largest absolute Gasteiger partial charge is 0.492 e. The Balaban J connectivity index is 2.22. The molecule has 1 aromatic heterocycles. The highest BCUT2D eigenvalue weighted by molar-refractivity contribution is 6.34. The van der Waals surface area contributed by atoms with Crippen molar-refractivity contribution in [2.75, 3.05) is 13.7 Å². The van der Waals surface area contributed by atoms with Gasteiger partial charge in [0.1, 0.15) is 5.76 Å². The molecule has 0 saturated heterocycles. The first-order valence-corrected chi connectivity index (χ1v) is 8.11. The Morgan fingerprint density at radius 2 is 1.92 bits per heavy atom. The monoisotopic (exact) mass is 394 g/mol. The summed E-state index contributed by atoms with van der Waals surface area (Å²) in [5.74, 6) is -0.800. The van der Waals surface area contributed by atoms with E-state index in [4.69, 9.17) is 42.2 Å².